The van der Waals surface area contributed by atoms with E-state index in [-0.39, 0.29) is 18.2 Å². The lowest BCUT2D eigenvalue weighted by Crippen LogP contribution is -2.45. The molecular weight excluding hydrogens is 507 g/mol. The first-order valence-electron chi connectivity index (χ1n) is 9.05. The summed E-state index contributed by atoms with van der Waals surface area (Å²) in [6.45, 7) is -0.623. The van der Waals surface area contributed by atoms with Gasteiger partial charge in [0, 0.05) is 5.02 Å². The zero-order chi connectivity index (χ0) is 22.2. The number of hydrogen-bond donors (Lipinski definition) is 2. The molecule has 0 saturated heterocycles. The number of carbonyl (C=O) groups is 2. The lowest BCUT2D eigenvalue weighted by Gasteiger charge is -2.12. The number of nitrogens with one attached hydrogen (secondary N) is 2. The second kappa shape index (κ2) is 11.0. The Kier molecular flexibility index (Phi) is 8.17. The molecule has 160 valence electrons. The molecule has 0 aliphatic heterocycles. The van der Waals surface area contributed by atoms with Crippen molar-refractivity contribution in [2.45, 2.75) is 0 Å². The van der Waals surface area contributed by atoms with Gasteiger partial charge < -0.3 is 9.47 Å². The van der Waals surface area contributed by atoms with Crippen LogP contribution in [0.2, 0.25) is 10.0 Å². The Morgan fingerprint density at radius 1 is 0.774 bits per heavy atom. The second-order valence-corrected chi connectivity index (χ2v) is 7.96. The summed E-state index contributed by atoms with van der Waals surface area (Å²) in [7, 11) is 0. The summed E-state index contributed by atoms with van der Waals surface area (Å²) >= 11 is 15.2. The van der Waals surface area contributed by atoms with Gasteiger partial charge in [-0.1, -0.05) is 59.6 Å². The average molecular weight is 524 g/mol. The molecule has 0 aliphatic carbocycles. The fraction of sp³-hybridized carbons (Fsp3) is 0.0909. The van der Waals surface area contributed by atoms with Crippen LogP contribution < -0.4 is 20.3 Å². The van der Waals surface area contributed by atoms with Gasteiger partial charge >= 0.3 is 0 Å². The first kappa shape index (κ1) is 22.9. The van der Waals surface area contributed by atoms with Gasteiger partial charge in [-0.15, -0.1) is 0 Å². The Morgan fingerprint density at radius 2 is 1.39 bits per heavy atom. The van der Waals surface area contributed by atoms with E-state index in [0.717, 1.165) is 11.1 Å². The summed E-state index contributed by atoms with van der Waals surface area (Å²) in [5.74, 6) is -0.286. The van der Waals surface area contributed by atoms with Crippen molar-refractivity contribution in [2.75, 3.05) is 13.2 Å². The number of halogens is 3. The molecular formula is C22H17BrCl2N2O4. The van der Waals surface area contributed by atoms with Gasteiger partial charge in [-0.05, 0) is 57.4 Å². The molecule has 9 heteroatoms. The highest BCUT2D eigenvalue weighted by atomic mass is 79.9. The third-order valence-electron chi connectivity index (χ3n) is 3.99. The average Bonchev–Trinajstić information content (AvgIpc) is 2.76. The van der Waals surface area contributed by atoms with Gasteiger partial charge in [0.25, 0.3) is 11.8 Å². The van der Waals surface area contributed by atoms with Crippen molar-refractivity contribution in [2.24, 2.45) is 0 Å². The Bertz CT molecular complexity index is 1080. The first-order chi connectivity index (χ1) is 14.9. The van der Waals surface area contributed by atoms with E-state index in [2.05, 4.69) is 26.8 Å². The van der Waals surface area contributed by atoms with E-state index in [9.17, 15) is 9.59 Å². The molecule has 0 aromatic heterocycles. The maximum atomic E-state index is 11.9. The van der Waals surface area contributed by atoms with Crippen LogP contribution in [-0.2, 0) is 9.59 Å². The van der Waals surface area contributed by atoms with Gasteiger partial charge in [-0.25, -0.2) is 0 Å². The second-order valence-electron chi connectivity index (χ2n) is 6.26. The molecule has 2 N–H and O–H groups in total. The molecule has 0 heterocycles. The van der Waals surface area contributed by atoms with Crippen LogP contribution in [0.1, 0.15) is 0 Å². The van der Waals surface area contributed by atoms with Crippen molar-refractivity contribution in [3.63, 3.8) is 0 Å². The lowest BCUT2D eigenvalue weighted by atomic mass is 10.1. The highest BCUT2D eigenvalue weighted by molar-refractivity contribution is 9.10. The molecule has 3 rings (SSSR count). The zero-order valence-electron chi connectivity index (χ0n) is 16.0. The highest BCUT2D eigenvalue weighted by Gasteiger charge is 2.10. The molecule has 0 radical (unpaired) electrons. The van der Waals surface area contributed by atoms with Crippen LogP contribution in [0, 0.1) is 0 Å². The third kappa shape index (κ3) is 6.89. The largest absolute Gasteiger partial charge is 0.483 e. The van der Waals surface area contributed by atoms with Gasteiger partial charge in [-0.3, -0.25) is 20.4 Å². The van der Waals surface area contributed by atoms with Crippen LogP contribution in [0.15, 0.2) is 71.2 Å². The summed E-state index contributed by atoms with van der Waals surface area (Å²) in [6.07, 6.45) is 0. The Balaban J connectivity index is 1.43. The molecule has 0 aliphatic rings. The van der Waals surface area contributed by atoms with Crippen LogP contribution in [0.25, 0.3) is 11.1 Å². The normalized spacial score (nSPS) is 10.3. The minimum atomic E-state index is -0.562. The van der Waals surface area contributed by atoms with E-state index in [1.54, 1.807) is 18.2 Å². The van der Waals surface area contributed by atoms with Crippen LogP contribution in [0.5, 0.6) is 11.5 Å². The Morgan fingerprint density at radius 3 is 2.00 bits per heavy atom. The molecule has 0 spiro atoms. The molecule has 3 aromatic rings. The quantitative estimate of drug-likeness (QED) is 0.426. The van der Waals surface area contributed by atoms with Crippen molar-refractivity contribution in [3.8, 4) is 22.6 Å². The summed E-state index contributed by atoms with van der Waals surface area (Å²) in [5.41, 5.74) is 6.58. The van der Waals surface area contributed by atoms with Crippen molar-refractivity contribution >= 4 is 50.9 Å². The summed E-state index contributed by atoms with van der Waals surface area (Å²) < 4.78 is 11.5. The molecule has 0 atom stereocenters. The van der Waals surface area contributed by atoms with E-state index < -0.39 is 11.8 Å². The molecule has 0 unspecified atom stereocenters. The predicted molar refractivity (Wildman–Crippen MR) is 123 cm³/mol. The van der Waals surface area contributed by atoms with Crippen molar-refractivity contribution in [3.05, 3.63) is 81.2 Å². The summed E-state index contributed by atoms with van der Waals surface area (Å²) in [5, 5.41) is 0.733. The van der Waals surface area contributed by atoms with Crippen molar-refractivity contribution in [1.82, 2.24) is 10.9 Å². The van der Waals surface area contributed by atoms with Crippen molar-refractivity contribution < 1.29 is 19.1 Å². The molecule has 31 heavy (non-hydrogen) atoms. The molecule has 0 bridgehead atoms. The number of benzene rings is 3. The van der Waals surface area contributed by atoms with Gasteiger partial charge in [0.2, 0.25) is 0 Å². The maximum Gasteiger partial charge on any atom is 0.276 e. The minimum absolute atomic E-state index is 0.279. The van der Waals surface area contributed by atoms with Crippen LogP contribution >= 0.6 is 39.1 Å². The van der Waals surface area contributed by atoms with E-state index >= 15 is 0 Å². The summed E-state index contributed by atoms with van der Waals surface area (Å²) in [6, 6.07) is 20.1. The molecule has 3 aromatic carbocycles. The van der Waals surface area contributed by atoms with Gasteiger partial charge in [0.1, 0.15) is 11.5 Å². The van der Waals surface area contributed by atoms with E-state index in [1.807, 2.05) is 42.5 Å². The van der Waals surface area contributed by atoms with Crippen LogP contribution in [0.4, 0.5) is 0 Å². The smallest absolute Gasteiger partial charge is 0.276 e. The fourth-order valence-electron chi connectivity index (χ4n) is 2.52. The number of hydrogen-bond acceptors (Lipinski definition) is 4. The molecule has 0 fully saturated rings. The van der Waals surface area contributed by atoms with Gasteiger partial charge in [0.15, 0.2) is 13.2 Å². The number of ether oxygens (including phenoxy) is 2. The first-order valence-corrected chi connectivity index (χ1v) is 10.6. The molecule has 0 saturated carbocycles. The summed E-state index contributed by atoms with van der Waals surface area (Å²) in [4.78, 5) is 23.8. The number of hydrazine groups is 1. The number of amides is 2. The third-order valence-corrected chi connectivity index (χ3v) is 5.14. The number of carbonyl (C=O) groups excluding carboxylic acids is 2. The highest BCUT2D eigenvalue weighted by Crippen LogP contribution is 2.30. The Hall–Kier alpha value is -2.74. The van der Waals surface area contributed by atoms with Gasteiger partial charge in [-0.2, -0.15) is 0 Å². The van der Waals surface area contributed by atoms with Crippen LogP contribution in [-0.4, -0.2) is 25.0 Å². The topological polar surface area (TPSA) is 76.7 Å². The van der Waals surface area contributed by atoms with E-state index in [4.69, 9.17) is 32.7 Å². The Labute approximate surface area is 197 Å². The zero-order valence-corrected chi connectivity index (χ0v) is 19.1. The van der Waals surface area contributed by atoms with Gasteiger partial charge in [0.05, 0.1) is 9.50 Å². The van der Waals surface area contributed by atoms with E-state index in [0.29, 0.717) is 21.0 Å². The standard InChI is InChI=1S/C22H17BrCl2N2O4/c23-17-10-15(14-4-2-1-3-5-14)6-8-19(17)30-12-21(28)26-27-22(29)13-31-20-9-7-16(24)11-18(20)25/h1-11H,12-13H2,(H,26,28)(H,27,29). The predicted octanol–water partition coefficient (Wildman–Crippen LogP) is 5.03. The lowest BCUT2D eigenvalue weighted by molar-refractivity contribution is -0.131. The maximum absolute atomic E-state index is 11.9. The minimum Gasteiger partial charge on any atom is -0.483 e. The van der Waals surface area contributed by atoms with Crippen LogP contribution in [0.3, 0.4) is 0 Å². The SMILES string of the molecule is O=C(COc1ccc(Cl)cc1Cl)NNC(=O)COc1ccc(-c2ccccc2)cc1Br. The number of rotatable bonds is 7. The monoisotopic (exact) mass is 522 g/mol. The fourth-order valence-corrected chi connectivity index (χ4v) is 3.47. The molecule has 6 nitrogen and oxygen atoms in total. The van der Waals surface area contributed by atoms with E-state index in [1.165, 1.54) is 6.07 Å². The van der Waals surface area contributed by atoms with Crippen molar-refractivity contribution in [1.29, 1.82) is 0 Å². The molecule has 2 amide bonds.